The topological polar surface area (TPSA) is 66.5 Å². The number of amides is 1. The van der Waals surface area contributed by atoms with Gasteiger partial charge in [0.25, 0.3) is 0 Å². The first-order chi connectivity index (χ1) is 14.4. The van der Waals surface area contributed by atoms with Gasteiger partial charge in [0.15, 0.2) is 11.6 Å². The van der Waals surface area contributed by atoms with Crippen LogP contribution in [0.25, 0.3) is 0 Å². The van der Waals surface area contributed by atoms with Gasteiger partial charge in [0, 0.05) is 19.0 Å². The van der Waals surface area contributed by atoms with Gasteiger partial charge in [-0.05, 0) is 55.4 Å². The number of benzene rings is 2. The molecule has 160 valence electrons. The molecule has 0 bridgehead atoms. The first-order valence-corrected chi connectivity index (χ1v) is 11.6. The first-order valence-electron chi connectivity index (χ1n) is 10.2. The number of piperidine rings is 1. The summed E-state index contributed by atoms with van der Waals surface area (Å²) in [5.74, 6) is -2.16. The van der Waals surface area contributed by atoms with E-state index in [0.717, 1.165) is 30.5 Å². The van der Waals surface area contributed by atoms with Crippen LogP contribution in [0.5, 0.6) is 0 Å². The van der Waals surface area contributed by atoms with Gasteiger partial charge in [-0.2, -0.15) is 4.31 Å². The summed E-state index contributed by atoms with van der Waals surface area (Å²) in [6.45, 7) is 0.331. The quantitative estimate of drug-likeness (QED) is 0.755. The van der Waals surface area contributed by atoms with E-state index in [9.17, 15) is 22.0 Å². The van der Waals surface area contributed by atoms with E-state index < -0.39 is 21.7 Å². The summed E-state index contributed by atoms with van der Waals surface area (Å²) in [5, 5.41) is 3.17. The average molecular weight is 435 g/mol. The molecular formula is C22H24F2N2O3S. The highest BCUT2D eigenvalue weighted by Crippen LogP contribution is 2.41. The number of hydrogen-bond donors (Lipinski definition) is 1. The van der Waals surface area contributed by atoms with Crippen molar-refractivity contribution in [3.05, 3.63) is 65.7 Å². The molecule has 5 nitrogen and oxygen atoms in total. The Morgan fingerprint density at radius 2 is 1.63 bits per heavy atom. The number of carbonyl (C=O) groups is 1. The molecule has 1 aliphatic heterocycles. The van der Waals surface area contributed by atoms with Crippen molar-refractivity contribution in [2.45, 2.75) is 36.6 Å². The van der Waals surface area contributed by atoms with Gasteiger partial charge >= 0.3 is 0 Å². The highest BCUT2D eigenvalue weighted by atomic mass is 32.2. The molecule has 4 rings (SSSR count). The minimum Gasteiger partial charge on any atom is -0.349 e. The van der Waals surface area contributed by atoms with Crippen molar-refractivity contribution < 1.29 is 22.0 Å². The van der Waals surface area contributed by atoms with Gasteiger partial charge < -0.3 is 5.32 Å². The standard InChI is InChI=1S/C22H24F2N2O3S/c23-19-9-8-18(14-20(19)24)30(28,29)26-12-10-17(11-13-26)22(27)25-21(16-6-7-16)15-4-2-1-3-5-15/h1-5,8-9,14,16-17,21H,6-7,10-13H2,(H,25,27)/t21-/m0/s1. The highest BCUT2D eigenvalue weighted by molar-refractivity contribution is 7.89. The van der Waals surface area contributed by atoms with Crippen molar-refractivity contribution in [3.63, 3.8) is 0 Å². The van der Waals surface area contributed by atoms with Crippen LogP contribution in [0.1, 0.15) is 37.3 Å². The van der Waals surface area contributed by atoms with Gasteiger partial charge in [0.05, 0.1) is 10.9 Å². The van der Waals surface area contributed by atoms with Crippen molar-refractivity contribution in [1.29, 1.82) is 0 Å². The second kappa shape index (κ2) is 8.43. The van der Waals surface area contributed by atoms with Crippen molar-refractivity contribution in [2.24, 2.45) is 11.8 Å². The maximum Gasteiger partial charge on any atom is 0.243 e. The van der Waals surface area contributed by atoms with E-state index in [1.807, 2.05) is 30.3 Å². The average Bonchev–Trinajstić information content (AvgIpc) is 3.59. The maximum atomic E-state index is 13.5. The van der Waals surface area contributed by atoms with Crippen molar-refractivity contribution in [2.75, 3.05) is 13.1 Å². The molecule has 1 aliphatic carbocycles. The van der Waals surface area contributed by atoms with Crippen molar-refractivity contribution >= 4 is 15.9 Å². The van der Waals surface area contributed by atoms with Gasteiger partial charge in [0.2, 0.25) is 15.9 Å². The summed E-state index contributed by atoms with van der Waals surface area (Å²) in [5.41, 5.74) is 1.09. The number of nitrogens with zero attached hydrogens (tertiary/aromatic N) is 1. The minimum atomic E-state index is -3.92. The van der Waals surface area contributed by atoms with Crippen LogP contribution in [0, 0.1) is 23.5 Å². The van der Waals surface area contributed by atoms with E-state index in [-0.39, 0.29) is 35.9 Å². The monoisotopic (exact) mass is 434 g/mol. The molecule has 1 atom stereocenters. The smallest absolute Gasteiger partial charge is 0.243 e. The van der Waals surface area contributed by atoms with Crippen LogP contribution in [0.2, 0.25) is 0 Å². The Hall–Kier alpha value is -2.32. The fraction of sp³-hybridized carbons (Fsp3) is 0.409. The fourth-order valence-electron chi connectivity index (χ4n) is 3.98. The lowest BCUT2D eigenvalue weighted by Gasteiger charge is -2.31. The Bertz CT molecular complexity index is 1020. The third-order valence-electron chi connectivity index (χ3n) is 5.90. The Morgan fingerprint density at radius 3 is 2.23 bits per heavy atom. The molecule has 30 heavy (non-hydrogen) atoms. The van der Waals surface area contributed by atoms with E-state index in [1.165, 1.54) is 4.31 Å². The number of nitrogens with one attached hydrogen (secondary N) is 1. The molecule has 0 unspecified atom stereocenters. The lowest BCUT2D eigenvalue weighted by Crippen LogP contribution is -2.44. The van der Waals surface area contributed by atoms with Gasteiger partial charge in [-0.3, -0.25) is 4.79 Å². The lowest BCUT2D eigenvalue weighted by molar-refractivity contribution is -0.127. The minimum absolute atomic E-state index is 0.0114. The molecule has 1 amide bonds. The number of sulfonamides is 1. The van der Waals surface area contributed by atoms with Crippen LogP contribution in [-0.2, 0) is 14.8 Å². The lowest BCUT2D eigenvalue weighted by atomic mass is 9.95. The van der Waals surface area contributed by atoms with E-state index in [1.54, 1.807) is 0 Å². The van der Waals surface area contributed by atoms with Gasteiger partial charge in [-0.25, -0.2) is 17.2 Å². The molecule has 2 fully saturated rings. The number of carbonyl (C=O) groups excluding carboxylic acids is 1. The van der Waals surface area contributed by atoms with Gasteiger partial charge in [0.1, 0.15) is 0 Å². The Labute approximate surface area is 175 Å². The van der Waals surface area contributed by atoms with Crippen LogP contribution >= 0.6 is 0 Å². The summed E-state index contributed by atoms with van der Waals surface area (Å²) in [7, 11) is -3.92. The normalized spacial score (nSPS) is 19.4. The molecule has 1 heterocycles. The van der Waals surface area contributed by atoms with Crippen molar-refractivity contribution in [3.8, 4) is 0 Å². The largest absolute Gasteiger partial charge is 0.349 e. The molecule has 0 aromatic heterocycles. The maximum absolute atomic E-state index is 13.5. The van der Waals surface area contributed by atoms with E-state index in [0.29, 0.717) is 24.8 Å². The van der Waals surface area contributed by atoms with Crippen LogP contribution in [0.3, 0.4) is 0 Å². The molecule has 8 heteroatoms. The molecule has 1 saturated heterocycles. The highest BCUT2D eigenvalue weighted by Gasteiger charge is 2.37. The summed E-state index contributed by atoms with van der Waals surface area (Å²) >= 11 is 0. The number of rotatable bonds is 6. The molecule has 1 saturated carbocycles. The van der Waals surface area contributed by atoms with Crippen LogP contribution < -0.4 is 5.32 Å². The summed E-state index contributed by atoms with van der Waals surface area (Å²) in [4.78, 5) is 12.6. The third kappa shape index (κ3) is 4.39. The van der Waals surface area contributed by atoms with Crippen LogP contribution in [0.15, 0.2) is 53.4 Å². The van der Waals surface area contributed by atoms with Crippen molar-refractivity contribution in [1.82, 2.24) is 9.62 Å². The van der Waals surface area contributed by atoms with Crippen LogP contribution in [-0.4, -0.2) is 31.7 Å². The molecule has 2 aliphatic rings. The summed E-state index contributed by atoms with van der Waals surface area (Å²) in [6, 6.07) is 12.4. The zero-order chi connectivity index (χ0) is 21.3. The predicted octanol–water partition coefficient (Wildman–Crippen LogP) is 3.63. The molecular weight excluding hydrogens is 410 g/mol. The Kier molecular flexibility index (Phi) is 5.88. The molecule has 2 aromatic rings. The number of halogens is 2. The Morgan fingerprint density at radius 1 is 0.967 bits per heavy atom. The zero-order valence-electron chi connectivity index (χ0n) is 16.4. The van der Waals surface area contributed by atoms with Gasteiger partial charge in [-0.15, -0.1) is 0 Å². The summed E-state index contributed by atoms with van der Waals surface area (Å²) < 4.78 is 53.3. The second-order valence-corrected chi connectivity index (χ2v) is 9.93. The predicted molar refractivity (Wildman–Crippen MR) is 108 cm³/mol. The zero-order valence-corrected chi connectivity index (χ0v) is 17.2. The number of hydrogen-bond acceptors (Lipinski definition) is 3. The summed E-state index contributed by atoms with van der Waals surface area (Å²) in [6.07, 6.45) is 2.96. The van der Waals surface area contributed by atoms with E-state index >= 15 is 0 Å². The SMILES string of the molecule is O=C(N[C@@H](c1ccccc1)C1CC1)C1CCN(S(=O)(=O)c2ccc(F)c(F)c2)CC1. The first kappa shape index (κ1) is 20.9. The third-order valence-corrected chi connectivity index (χ3v) is 7.80. The fourth-order valence-corrected chi connectivity index (χ4v) is 5.46. The molecule has 2 aromatic carbocycles. The van der Waals surface area contributed by atoms with Gasteiger partial charge in [-0.1, -0.05) is 30.3 Å². The van der Waals surface area contributed by atoms with E-state index in [2.05, 4.69) is 5.32 Å². The van der Waals surface area contributed by atoms with Crippen LogP contribution in [0.4, 0.5) is 8.78 Å². The molecule has 1 N–H and O–H groups in total. The molecule has 0 radical (unpaired) electrons. The van der Waals surface area contributed by atoms with E-state index in [4.69, 9.17) is 0 Å². The Balaban J connectivity index is 1.39. The second-order valence-electron chi connectivity index (χ2n) is 7.99. The molecule has 0 spiro atoms.